The number of benzene rings is 1. The molecule has 0 bridgehead atoms. The smallest absolute Gasteiger partial charge is 0.312 e. The number of aliphatic carboxylic acids is 1. The summed E-state index contributed by atoms with van der Waals surface area (Å²) < 4.78 is 5.50. The molecule has 1 aromatic rings. The Morgan fingerprint density at radius 3 is 2.63 bits per heavy atom. The summed E-state index contributed by atoms with van der Waals surface area (Å²) in [4.78, 5) is 11.0. The number of hydrogen-bond acceptors (Lipinski definition) is 3. The lowest BCUT2D eigenvalue weighted by Gasteiger charge is -2.20. The molecule has 5 heteroatoms. The van der Waals surface area contributed by atoms with Crippen molar-refractivity contribution in [1.29, 1.82) is 0 Å². The van der Waals surface area contributed by atoms with Gasteiger partial charge in [0.05, 0.1) is 10.4 Å². The van der Waals surface area contributed by atoms with E-state index in [1.807, 2.05) is 26.1 Å². The molecule has 0 amide bonds. The van der Waals surface area contributed by atoms with Crippen molar-refractivity contribution in [3.63, 3.8) is 0 Å². The maximum atomic E-state index is 11.0. The molecule has 4 nitrogen and oxygen atoms in total. The van der Waals surface area contributed by atoms with Crippen LogP contribution in [0.25, 0.3) is 0 Å². The first-order valence-corrected chi connectivity index (χ1v) is 6.48. The van der Waals surface area contributed by atoms with Crippen molar-refractivity contribution in [2.45, 2.75) is 26.8 Å². The van der Waals surface area contributed by atoms with Gasteiger partial charge >= 0.3 is 5.97 Å². The zero-order valence-electron chi connectivity index (χ0n) is 11.7. The van der Waals surface area contributed by atoms with Crippen molar-refractivity contribution in [2.75, 3.05) is 13.7 Å². The second-order valence-electron chi connectivity index (χ2n) is 5.18. The highest BCUT2D eigenvalue weighted by atomic mass is 35.5. The molecule has 0 aliphatic carbocycles. The average Bonchev–Trinajstić information content (AvgIpc) is 2.36. The molecule has 0 saturated heterocycles. The summed E-state index contributed by atoms with van der Waals surface area (Å²) in [5.74, 6) is -0.396. The van der Waals surface area contributed by atoms with Gasteiger partial charge in [-0.1, -0.05) is 17.7 Å². The number of carbonyl (C=O) groups is 1. The van der Waals surface area contributed by atoms with Crippen molar-refractivity contribution in [1.82, 2.24) is 5.32 Å². The van der Waals surface area contributed by atoms with E-state index in [1.165, 1.54) is 0 Å². The molecule has 2 N–H and O–H groups in total. The molecular formula is C14H20ClNO3. The molecule has 0 radical (unpaired) electrons. The summed E-state index contributed by atoms with van der Waals surface area (Å²) >= 11 is 6.14. The summed E-state index contributed by atoms with van der Waals surface area (Å²) in [6.07, 6.45) is 0. The molecule has 0 spiro atoms. The summed E-state index contributed by atoms with van der Waals surface area (Å²) in [6.45, 7) is 5.32. The first-order chi connectivity index (χ1) is 8.77. The van der Waals surface area contributed by atoms with Gasteiger partial charge in [-0.2, -0.15) is 0 Å². The molecule has 1 aromatic carbocycles. The van der Waals surface area contributed by atoms with Crippen LogP contribution in [0.1, 0.15) is 32.4 Å². The number of halogens is 1. The van der Waals surface area contributed by atoms with Gasteiger partial charge in [-0.25, -0.2) is 0 Å². The summed E-state index contributed by atoms with van der Waals surface area (Å²) in [6, 6.07) is 5.70. The zero-order chi connectivity index (χ0) is 14.6. The minimum absolute atomic E-state index is 0.0724. The minimum atomic E-state index is -0.944. The third kappa shape index (κ3) is 4.11. The van der Waals surface area contributed by atoms with E-state index in [0.717, 1.165) is 5.56 Å². The molecule has 0 saturated carbocycles. The second-order valence-corrected chi connectivity index (χ2v) is 5.59. The maximum Gasteiger partial charge on any atom is 0.312 e. The fourth-order valence-electron chi connectivity index (χ4n) is 1.39. The highest BCUT2D eigenvalue weighted by Gasteiger charge is 2.28. The predicted molar refractivity (Wildman–Crippen MR) is 75.8 cm³/mol. The van der Waals surface area contributed by atoms with Crippen molar-refractivity contribution in [3.05, 3.63) is 28.8 Å². The highest BCUT2D eigenvalue weighted by Crippen LogP contribution is 2.29. The number of rotatable bonds is 6. The molecule has 19 heavy (non-hydrogen) atoms. The quantitative estimate of drug-likeness (QED) is 0.843. The van der Waals surface area contributed by atoms with E-state index in [1.54, 1.807) is 19.9 Å². The number of carboxylic acid groups (broad SMARTS) is 1. The Hall–Kier alpha value is -1.26. The van der Waals surface area contributed by atoms with Crippen LogP contribution in [0.3, 0.4) is 0 Å². The Balaban J connectivity index is 2.78. The Labute approximate surface area is 118 Å². The lowest BCUT2D eigenvalue weighted by atomic mass is 9.95. The van der Waals surface area contributed by atoms with Crippen LogP contribution in [0, 0.1) is 5.41 Å². The largest absolute Gasteiger partial charge is 0.491 e. The molecule has 0 fully saturated rings. The van der Waals surface area contributed by atoms with E-state index in [9.17, 15) is 4.79 Å². The van der Waals surface area contributed by atoms with Gasteiger partial charge in [-0.15, -0.1) is 0 Å². The Bertz CT molecular complexity index is 460. The minimum Gasteiger partial charge on any atom is -0.491 e. The van der Waals surface area contributed by atoms with E-state index >= 15 is 0 Å². The van der Waals surface area contributed by atoms with Gasteiger partial charge in [-0.3, -0.25) is 4.79 Å². The number of carboxylic acids is 1. The average molecular weight is 286 g/mol. The first-order valence-electron chi connectivity index (χ1n) is 6.11. The highest BCUT2D eigenvalue weighted by molar-refractivity contribution is 6.32. The topological polar surface area (TPSA) is 58.6 Å². The molecule has 0 aliphatic heterocycles. The first kappa shape index (κ1) is 15.8. The van der Waals surface area contributed by atoms with E-state index in [4.69, 9.17) is 21.4 Å². The van der Waals surface area contributed by atoms with Gasteiger partial charge in [0, 0.05) is 6.04 Å². The SMILES string of the molecule is CNC(C)c1ccc(OCC(C)(C)C(=O)O)c(Cl)c1. The third-order valence-electron chi connectivity index (χ3n) is 3.06. The fraction of sp³-hybridized carbons (Fsp3) is 0.500. The normalized spacial score (nSPS) is 13.1. The Morgan fingerprint density at radius 1 is 1.53 bits per heavy atom. The number of hydrogen-bond donors (Lipinski definition) is 2. The van der Waals surface area contributed by atoms with Gasteiger partial charge in [0.15, 0.2) is 0 Å². The van der Waals surface area contributed by atoms with E-state index in [-0.39, 0.29) is 12.6 Å². The standard InChI is InChI=1S/C14H20ClNO3/c1-9(16-4)10-5-6-12(11(15)7-10)19-8-14(2,3)13(17)18/h5-7,9,16H,8H2,1-4H3,(H,17,18). The van der Waals surface area contributed by atoms with Crippen LogP contribution in [0.5, 0.6) is 5.75 Å². The molecule has 0 heterocycles. The summed E-state index contributed by atoms with van der Waals surface area (Å²) in [5.41, 5.74) is 0.109. The molecule has 0 aromatic heterocycles. The van der Waals surface area contributed by atoms with Crippen molar-refractivity contribution >= 4 is 17.6 Å². The van der Waals surface area contributed by atoms with Crippen molar-refractivity contribution in [3.8, 4) is 5.75 Å². The number of ether oxygens (including phenoxy) is 1. The van der Waals surface area contributed by atoms with E-state index in [2.05, 4.69) is 5.32 Å². The van der Waals surface area contributed by atoms with Crippen LogP contribution in [-0.4, -0.2) is 24.7 Å². The van der Waals surface area contributed by atoms with Gasteiger partial charge in [0.25, 0.3) is 0 Å². The van der Waals surface area contributed by atoms with E-state index < -0.39 is 11.4 Å². The van der Waals surface area contributed by atoms with Crippen LogP contribution < -0.4 is 10.1 Å². The van der Waals surface area contributed by atoms with Crippen molar-refractivity contribution < 1.29 is 14.6 Å². The van der Waals surface area contributed by atoms with Gasteiger partial charge in [-0.05, 0) is 45.5 Å². The zero-order valence-corrected chi connectivity index (χ0v) is 12.4. The van der Waals surface area contributed by atoms with Crippen LogP contribution in [0.4, 0.5) is 0 Å². The van der Waals surface area contributed by atoms with Gasteiger partial charge in [0.1, 0.15) is 12.4 Å². The van der Waals surface area contributed by atoms with Crippen LogP contribution in [0.2, 0.25) is 5.02 Å². The fourth-order valence-corrected chi connectivity index (χ4v) is 1.63. The van der Waals surface area contributed by atoms with Crippen LogP contribution in [-0.2, 0) is 4.79 Å². The Morgan fingerprint density at radius 2 is 2.16 bits per heavy atom. The van der Waals surface area contributed by atoms with Gasteiger partial charge < -0.3 is 15.2 Å². The lowest BCUT2D eigenvalue weighted by molar-refractivity contribution is -0.148. The monoisotopic (exact) mass is 285 g/mol. The molecule has 1 rings (SSSR count). The van der Waals surface area contributed by atoms with Crippen LogP contribution in [0.15, 0.2) is 18.2 Å². The lowest BCUT2D eigenvalue weighted by Crippen LogP contribution is -2.30. The third-order valence-corrected chi connectivity index (χ3v) is 3.35. The van der Waals surface area contributed by atoms with Gasteiger partial charge in [0.2, 0.25) is 0 Å². The molecule has 0 aliphatic rings. The molecular weight excluding hydrogens is 266 g/mol. The van der Waals surface area contributed by atoms with E-state index in [0.29, 0.717) is 10.8 Å². The molecule has 106 valence electrons. The maximum absolute atomic E-state index is 11.0. The summed E-state index contributed by atoms with van der Waals surface area (Å²) in [7, 11) is 1.87. The Kier molecular flexibility index (Phi) is 5.20. The predicted octanol–water partition coefficient (Wildman–Crippen LogP) is 3.11. The summed E-state index contributed by atoms with van der Waals surface area (Å²) in [5, 5.41) is 12.6. The molecule has 1 unspecified atom stereocenters. The molecule has 1 atom stereocenters. The van der Waals surface area contributed by atoms with Crippen molar-refractivity contribution in [2.24, 2.45) is 5.41 Å². The second kappa shape index (κ2) is 6.26. The number of nitrogens with one attached hydrogen (secondary N) is 1. The van der Waals surface area contributed by atoms with Crippen LogP contribution >= 0.6 is 11.6 Å².